The fraction of sp³-hybridized carbons (Fsp3) is 0. The molecule has 78 valence electrons. The highest BCUT2D eigenvalue weighted by molar-refractivity contribution is 5.88. The summed E-state index contributed by atoms with van der Waals surface area (Å²) in [6.45, 7) is 0. The lowest BCUT2D eigenvalue weighted by atomic mass is 10.1. The number of nitrogen functional groups attached to an aromatic ring is 1. The molecule has 6 nitrogen and oxygen atoms in total. The summed E-state index contributed by atoms with van der Waals surface area (Å²) in [7, 11) is 0. The zero-order valence-electron chi connectivity index (χ0n) is 7.58. The van der Waals surface area contributed by atoms with Gasteiger partial charge >= 0.3 is 5.97 Å². The summed E-state index contributed by atoms with van der Waals surface area (Å²) in [5, 5.41) is 19.0. The van der Waals surface area contributed by atoms with Crippen molar-refractivity contribution in [3.05, 3.63) is 40.0 Å². The second-order valence-electron chi connectivity index (χ2n) is 2.71. The van der Waals surface area contributed by atoms with Crippen LogP contribution in [-0.4, -0.2) is 16.0 Å². The zero-order chi connectivity index (χ0) is 11.4. The molecule has 0 fully saturated rings. The maximum absolute atomic E-state index is 10.6. The van der Waals surface area contributed by atoms with Crippen LogP contribution in [0.3, 0.4) is 0 Å². The minimum Gasteiger partial charge on any atom is -0.478 e. The molecule has 0 saturated heterocycles. The molecule has 0 aliphatic carbocycles. The van der Waals surface area contributed by atoms with E-state index in [4.69, 9.17) is 10.8 Å². The maximum atomic E-state index is 10.6. The van der Waals surface area contributed by atoms with Gasteiger partial charge in [-0.2, -0.15) is 0 Å². The van der Waals surface area contributed by atoms with E-state index in [9.17, 15) is 14.9 Å². The Balaban J connectivity index is 3.25. The first-order valence-corrected chi connectivity index (χ1v) is 3.96. The number of carboxylic acids is 1. The van der Waals surface area contributed by atoms with E-state index in [2.05, 4.69) is 0 Å². The number of nitro benzene ring substituents is 1. The molecule has 0 saturated carbocycles. The van der Waals surface area contributed by atoms with Gasteiger partial charge in [0.15, 0.2) is 0 Å². The molecule has 0 aliphatic rings. The topological polar surface area (TPSA) is 106 Å². The Morgan fingerprint density at radius 1 is 1.53 bits per heavy atom. The van der Waals surface area contributed by atoms with Crippen molar-refractivity contribution in [3.8, 4) is 0 Å². The normalized spacial score (nSPS) is 10.4. The molecule has 0 heterocycles. The van der Waals surface area contributed by atoms with E-state index in [0.29, 0.717) is 0 Å². The number of nitro groups is 1. The maximum Gasteiger partial charge on any atom is 0.328 e. The summed E-state index contributed by atoms with van der Waals surface area (Å²) in [4.78, 5) is 20.2. The molecule has 1 rings (SSSR count). The Kier molecular flexibility index (Phi) is 3.02. The molecule has 1 aromatic carbocycles. The minimum absolute atomic E-state index is 0.102. The number of nitrogens with zero attached hydrogens (tertiary/aromatic N) is 1. The Morgan fingerprint density at radius 2 is 2.20 bits per heavy atom. The van der Waals surface area contributed by atoms with Crippen LogP contribution in [0.4, 0.5) is 11.4 Å². The summed E-state index contributed by atoms with van der Waals surface area (Å²) >= 11 is 0. The third-order valence-electron chi connectivity index (χ3n) is 1.71. The number of anilines is 1. The average molecular weight is 208 g/mol. The van der Waals surface area contributed by atoms with Crippen LogP contribution in [0.25, 0.3) is 6.08 Å². The molecule has 0 radical (unpaired) electrons. The van der Waals surface area contributed by atoms with Crippen molar-refractivity contribution in [2.75, 3.05) is 5.73 Å². The van der Waals surface area contributed by atoms with Crippen molar-refractivity contribution in [1.82, 2.24) is 0 Å². The zero-order valence-corrected chi connectivity index (χ0v) is 7.58. The van der Waals surface area contributed by atoms with Gasteiger partial charge in [-0.15, -0.1) is 0 Å². The summed E-state index contributed by atoms with van der Waals surface area (Å²) in [6, 6.07) is 4.16. The number of carbonyl (C=O) groups is 1. The summed E-state index contributed by atoms with van der Waals surface area (Å²) in [5.74, 6) is -1.19. The fourth-order valence-corrected chi connectivity index (χ4v) is 1.07. The van der Waals surface area contributed by atoms with Gasteiger partial charge in [0.25, 0.3) is 5.69 Å². The molecule has 0 amide bonds. The Morgan fingerprint density at radius 3 is 2.73 bits per heavy atom. The number of hydrogen-bond donors (Lipinski definition) is 2. The highest BCUT2D eigenvalue weighted by Gasteiger charge is 2.13. The van der Waals surface area contributed by atoms with Crippen molar-refractivity contribution in [1.29, 1.82) is 0 Å². The van der Waals surface area contributed by atoms with Gasteiger partial charge in [0.1, 0.15) is 0 Å². The Bertz CT molecular complexity index is 440. The smallest absolute Gasteiger partial charge is 0.328 e. The van der Waals surface area contributed by atoms with Crippen molar-refractivity contribution in [2.24, 2.45) is 0 Å². The lowest BCUT2D eigenvalue weighted by Crippen LogP contribution is -1.97. The molecule has 0 aromatic heterocycles. The van der Waals surface area contributed by atoms with Crippen LogP contribution in [0.5, 0.6) is 0 Å². The van der Waals surface area contributed by atoms with Crippen molar-refractivity contribution < 1.29 is 14.8 Å². The predicted octanol–water partition coefficient (Wildman–Crippen LogP) is 1.27. The van der Waals surface area contributed by atoms with Gasteiger partial charge in [-0.05, 0) is 12.1 Å². The second kappa shape index (κ2) is 4.23. The van der Waals surface area contributed by atoms with Gasteiger partial charge in [-0.25, -0.2) is 4.79 Å². The Labute approximate surface area is 84.8 Å². The van der Waals surface area contributed by atoms with Crippen LogP contribution in [0.1, 0.15) is 5.56 Å². The molecule has 0 atom stereocenters. The highest BCUT2D eigenvalue weighted by atomic mass is 16.6. The van der Waals surface area contributed by atoms with Crippen LogP contribution in [0.2, 0.25) is 0 Å². The van der Waals surface area contributed by atoms with Crippen LogP contribution < -0.4 is 5.73 Å². The van der Waals surface area contributed by atoms with E-state index in [1.54, 1.807) is 0 Å². The van der Waals surface area contributed by atoms with Crippen LogP contribution in [0.15, 0.2) is 24.3 Å². The predicted molar refractivity (Wildman–Crippen MR) is 54.2 cm³/mol. The SMILES string of the molecule is Nc1cccc([N+](=O)[O-])c1/C=C/C(=O)O. The monoisotopic (exact) mass is 208 g/mol. The lowest BCUT2D eigenvalue weighted by molar-refractivity contribution is -0.385. The molecule has 0 unspecified atom stereocenters. The van der Waals surface area contributed by atoms with Crippen molar-refractivity contribution in [2.45, 2.75) is 0 Å². The fourth-order valence-electron chi connectivity index (χ4n) is 1.07. The molecule has 3 N–H and O–H groups in total. The average Bonchev–Trinajstić information content (AvgIpc) is 2.15. The number of aliphatic carboxylic acids is 1. The van der Waals surface area contributed by atoms with Crippen LogP contribution >= 0.6 is 0 Å². The Hall–Kier alpha value is -2.37. The molecule has 0 spiro atoms. The standard InChI is InChI=1S/C9H8N2O4/c10-7-2-1-3-8(11(14)15)6(7)4-5-9(12)13/h1-5H,10H2,(H,12,13)/b5-4+. The number of carboxylic acid groups (broad SMARTS) is 1. The highest BCUT2D eigenvalue weighted by Crippen LogP contribution is 2.25. The first kappa shape index (κ1) is 10.7. The van der Waals surface area contributed by atoms with E-state index >= 15 is 0 Å². The van der Waals surface area contributed by atoms with E-state index in [0.717, 1.165) is 12.2 Å². The third-order valence-corrected chi connectivity index (χ3v) is 1.71. The van der Waals surface area contributed by atoms with Gasteiger partial charge in [-0.3, -0.25) is 10.1 Å². The minimum atomic E-state index is -1.19. The second-order valence-corrected chi connectivity index (χ2v) is 2.71. The number of nitrogens with two attached hydrogens (primary N) is 1. The molecular formula is C9H8N2O4. The van der Waals surface area contributed by atoms with Gasteiger partial charge < -0.3 is 10.8 Å². The lowest BCUT2D eigenvalue weighted by Gasteiger charge is -2.00. The van der Waals surface area contributed by atoms with Crippen LogP contribution in [0, 0.1) is 10.1 Å². The first-order valence-electron chi connectivity index (χ1n) is 3.96. The summed E-state index contributed by atoms with van der Waals surface area (Å²) in [5.41, 5.74) is 5.55. The molecule has 15 heavy (non-hydrogen) atoms. The number of hydrogen-bond acceptors (Lipinski definition) is 4. The number of rotatable bonds is 3. The molecule has 1 aromatic rings. The van der Waals surface area contributed by atoms with Crippen molar-refractivity contribution in [3.63, 3.8) is 0 Å². The third kappa shape index (κ3) is 2.53. The molecule has 0 bridgehead atoms. The largest absolute Gasteiger partial charge is 0.478 e. The van der Waals surface area contributed by atoms with Crippen molar-refractivity contribution >= 4 is 23.4 Å². The van der Waals surface area contributed by atoms with E-state index in [1.807, 2.05) is 0 Å². The molecule has 0 aliphatic heterocycles. The van der Waals surface area contributed by atoms with Gasteiger partial charge in [0.05, 0.1) is 10.5 Å². The first-order chi connectivity index (χ1) is 7.02. The molecule has 6 heteroatoms. The van der Waals surface area contributed by atoms with E-state index in [-0.39, 0.29) is 16.9 Å². The van der Waals surface area contributed by atoms with Gasteiger partial charge in [0, 0.05) is 17.8 Å². The van der Waals surface area contributed by atoms with E-state index < -0.39 is 10.9 Å². The van der Waals surface area contributed by atoms with E-state index in [1.165, 1.54) is 18.2 Å². The summed E-state index contributed by atoms with van der Waals surface area (Å²) in [6.07, 6.45) is 1.91. The van der Waals surface area contributed by atoms with Gasteiger partial charge in [-0.1, -0.05) is 6.07 Å². The summed E-state index contributed by atoms with van der Waals surface area (Å²) < 4.78 is 0. The quantitative estimate of drug-likeness (QED) is 0.336. The van der Waals surface area contributed by atoms with Crippen LogP contribution in [-0.2, 0) is 4.79 Å². The number of benzene rings is 1. The molecular weight excluding hydrogens is 200 g/mol. The van der Waals surface area contributed by atoms with Gasteiger partial charge in [0.2, 0.25) is 0 Å².